The zero-order valence-corrected chi connectivity index (χ0v) is 53.6. The minimum absolute atomic E-state index is 0.139. The number of hydrogen-bond acceptors (Lipinski definition) is 8. The highest BCUT2D eigenvalue weighted by atomic mass is 31.2. The minimum atomic E-state index is -3.28. The maximum Gasteiger partial charge on any atom is 0.341 e. The molecule has 0 aromatic heterocycles. The largest absolute Gasteiger partial charge is 0.466 e. The molecular weight excluding hydrogens is 976 g/mol. The first-order valence-electron chi connectivity index (χ1n) is 34.0. The molecule has 0 aromatic carbocycles. The van der Waals surface area contributed by atoms with Crippen LogP contribution in [0.2, 0.25) is 0 Å². The van der Waals surface area contributed by atoms with E-state index >= 15 is 0 Å². The van der Waals surface area contributed by atoms with Gasteiger partial charge in [0.25, 0.3) is 0 Å². The summed E-state index contributed by atoms with van der Waals surface area (Å²) in [6.45, 7) is 17.3. The van der Waals surface area contributed by atoms with Crippen molar-refractivity contribution in [1.82, 2.24) is 0 Å². The van der Waals surface area contributed by atoms with Gasteiger partial charge in [0.05, 0.1) is 26.4 Å². The fraction of sp³-hybridized carbons (Fsp3) is 0.926. The Balaban J connectivity index is 0.00000122. The SMILES string of the molecule is CCCCCCCCC/C(=C\C(=O)OCC)CCCCCCCC1CC1CCCCCCCC.CCCCCCCCCC(=O)CCCCCCCC1CC1CCCCCCCC.CCOC(=O)CP(=O)(OCC)OCC. The van der Waals surface area contributed by atoms with Gasteiger partial charge in [0.2, 0.25) is 0 Å². The van der Waals surface area contributed by atoms with Gasteiger partial charge < -0.3 is 18.5 Å². The molecule has 0 aliphatic heterocycles. The molecule has 2 saturated carbocycles. The zero-order chi connectivity index (χ0) is 56.7. The molecule has 0 bridgehead atoms. The molecule has 0 saturated heterocycles. The third-order valence-electron chi connectivity index (χ3n) is 16.1. The summed E-state index contributed by atoms with van der Waals surface area (Å²) >= 11 is 0. The summed E-state index contributed by atoms with van der Waals surface area (Å²) in [5, 5.41) is 0. The Morgan fingerprint density at radius 2 is 0.649 bits per heavy atom. The van der Waals surface area contributed by atoms with E-state index in [1.165, 1.54) is 262 Å². The highest BCUT2D eigenvalue weighted by Gasteiger charge is 2.36. The van der Waals surface area contributed by atoms with Gasteiger partial charge in [-0.1, -0.05) is 264 Å². The first-order valence-corrected chi connectivity index (χ1v) is 35.7. The van der Waals surface area contributed by atoms with Crippen molar-refractivity contribution in [3.05, 3.63) is 11.6 Å². The molecule has 456 valence electrons. The van der Waals surface area contributed by atoms with Crippen molar-refractivity contribution in [3.63, 3.8) is 0 Å². The van der Waals surface area contributed by atoms with Gasteiger partial charge in [-0.15, -0.1) is 0 Å². The van der Waals surface area contributed by atoms with Crippen molar-refractivity contribution in [3.8, 4) is 0 Å². The number of carbonyl (C=O) groups is 3. The van der Waals surface area contributed by atoms with E-state index in [-0.39, 0.29) is 32.0 Å². The zero-order valence-electron chi connectivity index (χ0n) is 52.7. The lowest BCUT2D eigenvalue weighted by atomic mass is 9.98. The van der Waals surface area contributed by atoms with Gasteiger partial charge in [0, 0.05) is 18.9 Å². The maximum absolute atomic E-state index is 12.0. The van der Waals surface area contributed by atoms with Crippen molar-refractivity contribution >= 4 is 25.3 Å². The number of allylic oxidation sites excluding steroid dienone is 1. The molecule has 0 spiro atoms. The second kappa shape index (κ2) is 56.4. The van der Waals surface area contributed by atoms with Crippen molar-refractivity contribution < 1.29 is 37.5 Å². The van der Waals surface area contributed by atoms with Gasteiger partial charge in [0.1, 0.15) is 11.9 Å². The van der Waals surface area contributed by atoms with Crippen LogP contribution in [-0.2, 0) is 37.5 Å². The Morgan fingerprint density at radius 3 is 0.948 bits per heavy atom. The quantitative estimate of drug-likeness (QED) is 0.0257. The van der Waals surface area contributed by atoms with Crippen LogP contribution in [0, 0.1) is 23.7 Å². The molecule has 2 rings (SSSR count). The van der Waals surface area contributed by atoms with Crippen LogP contribution in [0.25, 0.3) is 0 Å². The predicted octanol–water partition coefficient (Wildman–Crippen LogP) is 22.4. The van der Waals surface area contributed by atoms with E-state index in [9.17, 15) is 18.9 Å². The summed E-state index contributed by atoms with van der Waals surface area (Å²) < 4.78 is 31.4. The average molecular weight is 1110 g/mol. The summed E-state index contributed by atoms with van der Waals surface area (Å²) in [4.78, 5) is 35.0. The third-order valence-corrected chi connectivity index (χ3v) is 18.1. The molecule has 8 nitrogen and oxygen atoms in total. The fourth-order valence-electron chi connectivity index (χ4n) is 11.2. The van der Waals surface area contributed by atoms with E-state index < -0.39 is 13.6 Å². The molecule has 2 aliphatic carbocycles. The van der Waals surface area contributed by atoms with Crippen molar-refractivity contribution in [2.24, 2.45) is 23.7 Å². The van der Waals surface area contributed by atoms with Gasteiger partial charge in [-0.05, 0) is 103 Å². The van der Waals surface area contributed by atoms with Gasteiger partial charge in [0.15, 0.2) is 0 Å². The van der Waals surface area contributed by atoms with Crippen LogP contribution >= 0.6 is 7.60 Å². The highest BCUT2D eigenvalue weighted by molar-refractivity contribution is 7.54. The van der Waals surface area contributed by atoms with E-state index in [1.807, 2.05) is 6.92 Å². The van der Waals surface area contributed by atoms with Crippen LogP contribution in [0.1, 0.15) is 351 Å². The van der Waals surface area contributed by atoms with Crippen LogP contribution in [-0.4, -0.2) is 50.3 Å². The Bertz CT molecular complexity index is 1390. The second-order valence-electron chi connectivity index (χ2n) is 23.5. The number of carbonyl (C=O) groups excluding carboxylic acids is 3. The summed E-state index contributed by atoms with van der Waals surface area (Å²) in [6, 6.07) is 0. The summed E-state index contributed by atoms with van der Waals surface area (Å²) in [5.41, 5.74) is 1.32. The first kappa shape index (κ1) is 75.5. The second-order valence-corrected chi connectivity index (χ2v) is 25.5. The van der Waals surface area contributed by atoms with Crippen LogP contribution in [0.15, 0.2) is 11.6 Å². The molecule has 4 atom stereocenters. The number of esters is 2. The lowest BCUT2D eigenvalue weighted by Gasteiger charge is -2.15. The molecule has 2 fully saturated rings. The molecule has 4 unspecified atom stereocenters. The van der Waals surface area contributed by atoms with Gasteiger partial charge in [-0.3, -0.25) is 14.2 Å². The van der Waals surface area contributed by atoms with E-state index in [0.29, 0.717) is 12.4 Å². The highest BCUT2D eigenvalue weighted by Crippen LogP contribution is 2.48. The molecule has 0 heterocycles. The van der Waals surface area contributed by atoms with E-state index in [4.69, 9.17) is 13.8 Å². The average Bonchev–Trinajstić information content (AvgIpc) is 4.34. The van der Waals surface area contributed by atoms with Crippen LogP contribution in [0.5, 0.6) is 0 Å². The summed E-state index contributed by atoms with van der Waals surface area (Å²) in [5.74, 6) is 4.14. The number of ether oxygens (including phenoxy) is 2. The van der Waals surface area contributed by atoms with Crippen LogP contribution in [0.3, 0.4) is 0 Å². The molecular formula is C68H131O8P. The normalized spacial score (nSPS) is 16.8. The number of ketones is 1. The van der Waals surface area contributed by atoms with Crippen LogP contribution in [0.4, 0.5) is 0 Å². The molecule has 0 aromatic rings. The van der Waals surface area contributed by atoms with E-state index in [1.54, 1.807) is 26.8 Å². The van der Waals surface area contributed by atoms with Crippen molar-refractivity contribution in [1.29, 1.82) is 0 Å². The molecule has 0 amide bonds. The predicted molar refractivity (Wildman–Crippen MR) is 331 cm³/mol. The van der Waals surface area contributed by atoms with Gasteiger partial charge in [-0.25, -0.2) is 4.79 Å². The Kier molecular flexibility index (Phi) is 55.3. The Labute approximate surface area is 479 Å². The van der Waals surface area contributed by atoms with Crippen molar-refractivity contribution in [2.45, 2.75) is 351 Å². The van der Waals surface area contributed by atoms with E-state index in [0.717, 1.165) is 62.2 Å². The molecule has 9 heteroatoms. The Morgan fingerprint density at radius 1 is 0.364 bits per heavy atom. The smallest absolute Gasteiger partial charge is 0.341 e. The monoisotopic (exact) mass is 1110 g/mol. The van der Waals surface area contributed by atoms with E-state index in [2.05, 4.69) is 32.4 Å². The van der Waals surface area contributed by atoms with Crippen molar-refractivity contribution in [2.75, 3.05) is 32.6 Å². The molecule has 77 heavy (non-hydrogen) atoms. The fourth-order valence-corrected chi connectivity index (χ4v) is 12.6. The molecule has 0 N–H and O–H groups in total. The summed E-state index contributed by atoms with van der Waals surface area (Å²) in [7, 11) is -3.28. The number of hydrogen-bond donors (Lipinski definition) is 0. The number of unbranched alkanes of at least 4 members (excludes halogenated alkanes) is 30. The molecule has 2 aliphatic rings. The standard InChI is InChI=1S/C32H60O2.C28H54O.C8H17O5P/c1-4-7-9-11-13-15-19-23-29(27-32(33)34-6-3)24-20-16-14-18-22-26-31-28-30(31)25-21-17-12-10-8-5-2;1-3-5-7-9-11-15-19-23-28(29)24-20-16-12-14-18-22-27-25-26(27)21-17-13-10-8-6-4-2;1-4-11-8(9)7-14(10,12-5-2)13-6-3/h27,30-31H,4-26,28H2,1-3H3;26-27H,3-25H2,1-2H3;4-7H2,1-3H3/b29-27+;;. The van der Waals surface area contributed by atoms with Gasteiger partial charge in [-0.2, -0.15) is 0 Å². The minimum Gasteiger partial charge on any atom is -0.466 e. The summed E-state index contributed by atoms with van der Waals surface area (Å²) in [6.07, 6.45) is 63.4. The number of Topliss-reactive ketones (excluding diaryl/α,β-unsaturated/α-hetero) is 1. The van der Waals surface area contributed by atoms with Crippen LogP contribution < -0.4 is 0 Å². The number of rotatable bonds is 55. The van der Waals surface area contributed by atoms with Gasteiger partial charge >= 0.3 is 19.5 Å². The lowest BCUT2D eigenvalue weighted by Crippen LogP contribution is -2.12. The maximum atomic E-state index is 12.0. The third kappa shape index (κ3) is 51.1. The topological polar surface area (TPSA) is 105 Å². The molecule has 0 radical (unpaired) electrons. The lowest BCUT2D eigenvalue weighted by molar-refractivity contribution is -0.140. The Hall–Kier alpha value is -1.50. The first-order chi connectivity index (χ1) is 37.6.